The summed E-state index contributed by atoms with van der Waals surface area (Å²) in [6.07, 6.45) is -2.01. The zero-order valence-corrected chi connectivity index (χ0v) is 7.79. The molecule has 0 heterocycles. The van der Waals surface area contributed by atoms with Crippen molar-refractivity contribution in [3.63, 3.8) is 0 Å². The van der Waals surface area contributed by atoms with Gasteiger partial charge in [0.15, 0.2) is 0 Å². The summed E-state index contributed by atoms with van der Waals surface area (Å²) in [5.41, 5.74) is 0.317. The van der Waals surface area contributed by atoms with Crippen molar-refractivity contribution in [1.82, 2.24) is 0 Å². The van der Waals surface area contributed by atoms with E-state index in [1.807, 2.05) is 0 Å². The fourth-order valence-corrected chi connectivity index (χ4v) is 1.09. The van der Waals surface area contributed by atoms with E-state index in [0.29, 0.717) is 5.56 Å². The maximum absolute atomic E-state index is 12.9. The van der Waals surface area contributed by atoms with E-state index >= 15 is 0 Å². The molecule has 4 heteroatoms. The molecule has 1 aromatic carbocycles. The average Bonchev–Trinajstić information content (AvgIpc) is 2.08. The molecule has 1 aromatic rings. The molecule has 0 saturated carbocycles. The minimum Gasteiger partial charge on any atom is -0.390 e. The van der Waals surface area contributed by atoms with Crippen LogP contribution < -0.4 is 0 Å². The van der Waals surface area contributed by atoms with Crippen LogP contribution in [0.15, 0.2) is 18.2 Å². The molecule has 1 rings (SSSR count). The van der Waals surface area contributed by atoms with Gasteiger partial charge in [-0.05, 0) is 24.6 Å². The summed E-state index contributed by atoms with van der Waals surface area (Å²) in [7, 11) is 0. The lowest BCUT2D eigenvalue weighted by atomic mass is 10.1. The molecule has 0 fully saturated rings. The van der Waals surface area contributed by atoms with Gasteiger partial charge in [-0.3, -0.25) is 0 Å². The Bertz CT molecular complexity index is 302. The van der Waals surface area contributed by atoms with Gasteiger partial charge in [-0.2, -0.15) is 0 Å². The van der Waals surface area contributed by atoms with Crippen LogP contribution in [-0.4, -0.2) is 16.3 Å². The number of aliphatic hydroxyl groups is 2. The molecule has 0 aliphatic heterocycles. The lowest BCUT2D eigenvalue weighted by Gasteiger charge is -2.13. The predicted octanol–water partition coefficient (Wildman–Crippen LogP) is 1.89. The van der Waals surface area contributed by atoms with Crippen molar-refractivity contribution in [3.05, 3.63) is 34.6 Å². The number of hydrogen-bond acceptors (Lipinski definition) is 2. The van der Waals surface area contributed by atoms with E-state index in [-0.39, 0.29) is 5.02 Å². The zero-order valence-electron chi connectivity index (χ0n) is 7.04. The molecule has 2 nitrogen and oxygen atoms in total. The highest BCUT2D eigenvalue weighted by molar-refractivity contribution is 6.30. The van der Waals surface area contributed by atoms with Crippen LogP contribution in [0.5, 0.6) is 0 Å². The first-order chi connectivity index (χ1) is 6.02. The first-order valence-electron chi connectivity index (χ1n) is 3.83. The summed E-state index contributed by atoms with van der Waals surface area (Å²) in [6.45, 7) is 1.43. The van der Waals surface area contributed by atoms with Crippen LogP contribution in [0.4, 0.5) is 4.39 Å². The number of halogens is 2. The van der Waals surface area contributed by atoms with Crippen molar-refractivity contribution >= 4 is 11.6 Å². The second-order valence-corrected chi connectivity index (χ2v) is 3.27. The molecule has 0 aliphatic carbocycles. The topological polar surface area (TPSA) is 40.5 Å². The summed E-state index contributed by atoms with van der Waals surface area (Å²) in [4.78, 5) is 0. The second kappa shape index (κ2) is 4.05. The van der Waals surface area contributed by atoms with Gasteiger partial charge in [0.25, 0.3) is 0 Å². The fraction of sp³-hybridized carbons (Fsp3) is 0.333. The first kappa shape index (κ1) is 10.4. The third-order valence-electron chi connectivity index (χ3n) is 1.74. The highest BCUT2D eigenvalue weighted by Crippen LogP contribution is 2.21. The molecule has 0 amide bonds. The molecule has 0 saturated heterocycles. The van der Waals surface area contributed by atoms with Gasteiger partial charge in [0, 0.05) is 0 Å². The van der Waals surface area contributed by atoms with Gasteiger partial charge >= 0.3 is 0 Å². The van der Waals surface area contributed by atoms with Crippen LogP contribution in [-0.2, 0) is 0 Å². The lowest BCUT2D eigenvalue weighted by Crippen LogP contribution is -2.13. The van der Waals surface area contributed by atoms with Crippen LogP contribution in [0.2, 0.25) is 5.02 Å². The molecule has 13 heavy (non-hydrogen) atoms. The van der Waals surface area contributed by atoms with Crippen molar-refractivity contribution in [2.75, 3.05) is 0 Å². The van der Waals surface area contributed by atoms with Gasteiger partial charge < -0.3 is 10.2 Å². The molecular weight excluding hydrogens is 195 g/mol. The van der Waals surface area contributed by atoms with E-state index in [4.69, 9.17) is 16.7 Å². The summed E-state index contributed by atoms with van der Waals surface area (Å²) in [5.74, 6) is -0.598. The molecule has 2 N–H and O–H groups in total. The molecule has 0 unspecified atom stereocenters. The largest absolute Gasteiger partial charge is 0.390 e. The van der Waals surface area contributed by atoms with E-state index < -0.39 is 18.0 Å². The van der Waals surface area contributed by atoms with Gasteiger partial charge in [0.05, 0.1) is 11.1 Å². The van der Waals surface area contributed by atoms with Crippen LogP contribution in [0.25, 0.3) is 0 Å². The molecule has 0 bridgehead atoms. The second-order valence-electron chi connectivity index (χ2n) is 2.86. The summed E-state index contributed by atoms with van der Waals surface area (Å²) in [5, 5.41) is 18.4. The van der Waals surface area contributed by atoms with Crippen LogP contribution in [0.1, 0.15) is 18.6 Å². The Morgan fingerprint density at radius 2 is 2.00 bits per heavy atom. The summed E-state index contributed by atoms with van der Waals surface area (Å²) < 4.78 is 12.9. The van der Waals surface area contributed by atoms with E-state index in [1.54, 1.807) is 0 Å². The molecule has 0 radical (unpaired) electrons. The average molecular weight is 205 g/mol. The zero-order chi connectivity index (χ0) is 10.0. The Morgan fingerprint density at radius 1 is 1.38 bits per heavy atom. The van der Waals surface area contributed by atoms with Crippen molar-refractivity contribution in [2.24, 2.45) is 0 Å². The van der Waals surface area contributed by atoms with E-state index in [2.05, 4.69) is 0 Å². The Balaban J connectivity index is 2.97. The number of rotatable bonds is 2. The monoisotopic (exact) mass is 204 g/mol. The lowest BCUT2D eigenvalue weighted by molar-refractivity contribution is 0.0304. The summed E-state index contributed by atoms with van der Waals surface area (Å²) in [6, 6.07) is 3.93. The Hall–Kier alpha value is -0.640. The van der Waals surface area contributed by atoms with E-state index in [9.17, 15) is 9.50 Å². The quantitative estimate of drug-likeness (QED) is 0.773. The Morgan fingerprint density at radius 3 is 2.46 bits per heavy atom. The third kappa shape index (κ3) is 2.40. The van der Waals surface area contributed by atoms with Crippen molar-refractivity contribution in [1.29, 1.82) is 0 Å². The maximum atomic E-state index is 12.9. The highest BCUT2D eigenvalue weighted by Gasteiger charge is 2.14. The van der Waals surface area contributed by atoms with Crippen LogP contribution in [0.3, 0.4) is 0 Å². The standard InChI is InChI=1S/C9H10ClFO2/c1-5(12)9(13)6-2-3-7(10)8(11)4-6/h2-5,9,12-13H,1H3/t5-,9+/m0/s1. The SMILES string of the molecule is C[C@H](O)[C@@H](O)c1ccc(Cl)c(F)c1. The molecule has 72 valence electrons. The molecule has 0 aromatic heterocycles. The van der Waals surface area contributed by atoms with Gasteiger partial charge in [-0.1, -0.05) is 17.7 Å². The fourth-order valence-electron chi connectivity index (χ4n) is 0.975. The van der Waals surface area contributed by atoms with Crippen molar-refractivity contribution in [2.45, 2.75) is 19.1 Å². The highest BCUT2D eigenvalue weighted by atomic mass is 35.5. The van der Waals surface area contributed by atoms with Crippen molar-refractivity contribution < 1.29 is 14.6 Å². The number of aliphatic hydroxyl groups excluding tert-OH is 2. The van der Waals surface area contributed by atoms with Crippen molar-refractivity contribution in [3.8, 4) is 0 Å². The molecular formula is C9H10ClFO2. The van der Waals surface area contributed by atoms with E-state index in [1.165, 1.54) is 19.1 Å². The number of hydrogen-bond donors (Lipinski definition) is 2. The third-order valence-corrected chi connectivity index (χ3v) is 2.05. The van der Waals surface area contributed by atoms with Gasteiger partial charge in [-0.25, -0.2) is 4.39 Å². The van der Waals surface area contributed by atoms with Gasteiger partial charge in [0.2, 0.25) is 0 Å². The Labute approximate surface area is 80.6 Å². The van der Waals surface area contributed by atoms with Gasteiger partial charge in [0.1, 0.15) is 11.9 Å². The molecule has 0 aliphatic rings. The van der Waals surface area contributed by atoms with Crippen LogP contribution >= 0.6 is 11.6 Å². The molecule has 2 atom stereocenters. The van der Waals surface area contributed by atoms with Gasteiger partial charge in [-0.15, -0.1) is 0 Å². The maximum Gasteiger partial charge on any atom is 0.142 e. The van der Waals surface area contributed by atoms with Crippen LogP contribution in [0, 0.1) is 5.82 Å². The minimum absolute atomic E-state index is 0.00143. The Kier molecular flexibility index (Phi) is 3.25. The normalized spacial score (nSPS) is 15.5. The summed E-state index contributed by atoms with van der Waals surface area (Å²) >= 11 is 5.45. The first-order valence-corrected chi connectivity index (χ1v) is 4.21. The number of benzene rings is 1. The predicted molar refractivity (Wildman–Crippen MR) is 48.1 cm³/mol. The smallest absolute Gasteiger partial charge is 0.142 e. The van der Waals surface area contributed by atoms with E-state index in [0.717, 1.165) is 6.07 Å². The minimum atomic E-state index is -1.08. The molecule has 0 spiro atoms.